The average Bonchev–Trinajstić information content (AvgIpc) is 3.03. The van der Waals surface area contributed by atoms with Crippen molar-refractivity contribution in [2.75, 3.05) is 10.6 Å². The van der Waals surface area contributed by atoms with Gasteiger partial charge in [0.05, 0.1) is 0 Å². The number of nitrogens with zero attached hydrogens (tertiary/aromatic N) is 3. The molecule has 0 bridgehead atoms. The Hall–Kier alpha value is -2.95. The number of hydrogen-bond acceptors (Lipinski definition) is 5. The SMILES string of the molecule is Cc1ccc(CNc2nc(C)nc(NC3Cc4ccccc4C3)n2)cc1. The molecule has 3 aromatic rings. The Kier molecular flexibility index (Phi) is 4.52. The van der Waals surface area contributed by atoms with E-state index < -0.39 is 0 Å². The Balaban J connectivity index is 1.42. The van der Waals surface area contributed by atoms with Crippen molar-refractivity contribution in [3.05, 3.63) is 76.6 Å². The third-order valence-electron chi connectivity index (χ3n) is 4.70. The standard InChI is InChI=1S/C21H23N5/c1-14-7-9-16(10-8-14)13-22-20-23-15(2)24-21(26-20)25-19-11-17-5-3-4-6-18(17)12-19/h3-10,19H,11-13H2,1-2H3,(H2,22,23,24,25,26). The maximum Gasteiger partial charge on any atom is 0.228 e. The Morgan fingerprint density at radius 1 is 0.846 bits per heavy atom. The van der Waals surface area contributed by atoms with Crippen LogP contribution in [0.1, 0.15) is 28.1 Å². The van der Waals surface area contributed by atoms with Crippen molar-refractivity contribution in [1.82, 2.24) is 15.0 Å². The van der Waals surface area contributed by atoms with E-state index in [1.165, 1.54) is 22.3 Å². The number of nitrogens with one attached hydrogen (secondary N) is 2. The van der Waals surface area contributed by atoms with Crippen LogP contribution in [0, 0.1) is 13.8 Å². The lowest BCUT2D eigenvalue weighted by Gasteiger charge is -2.13. The minimum atomic E-state index is 0.333. The highest BCUT2D eigenvalue weighted by Crippen LogP contribution is 2.23. The highest BCUT2D eigenvalue weighted by molar-refractivity contribution is 5.40. The predicted octanol–water partition coefficient (Wildman–Crippen LogP) is 3.68. The second-order valence-corrected chi connectivity index (χ2v) is 6.89. The maximum absolute atomic E-state index is 4.55. The van der Waals surface area contributed by atoms with Crippen LogP contribution in [0.2, 0.25) is 0 Å². The van der Waals surface area contributed by atoms with Crippen LogP contribution in [0.3, 0.4) is 0 Å². The fourth-order valence-corrected chi connectivity index (χ4v) is 3.36. The van der Waals surface area contributed by atoms with Crippen LogP contribution in [0.4, 0.5) is 11.9 Å². The average molecular weight is 345 g/mol. The Morgan fingerprint density at radius 2 is 1.50 bits per heavy atom. The Labute approximate surface area is 153 Å². The first-order chi connectivity index (χ1) is 12.7. The smallest absolute Gasteiger partial charge is 0.228 e. The van der Waals surface area contributed by atoms with Crippen molar-refractivity contribution < 1.29 is 0 Å². The van der Waals surface area contributed by atoms with Gasteiger partial charge in [0.15, 0.2) is 0 Å². The van der Waals surface area contributed by atoms with Gasteiger partial charge < -0.3 is 10.6 Å². The van der Waals surface area contributed by atoms with E-state index in [2.05, 4.69) is 81.0 Å². The fourth-order valence-electron chi connectivity index (χ4n) is 3.36. The van der Waals surface area contributed by atoms with E-state index >= 15 is 0 Å². The van der Waals surface area contributed by atoms with Gasteiger partial charge in [0.25, 0.3) is 0 Å². The molecule has 0 amide bonds. The van der Waals surface area contributed by atoms with Gasteiger partial charge in [-0.1, -0.05) is 54.1 Å². The molecule has 5 nitrogen and oxygen atoms in total. The molecule has 2 N–H and O–H groups in total. The molecule has 1 aliphatic rings. The molecule has 5 heteroatoms. The van der Waals surface area contributed by atoms with Crippen molar-refractivity contribution >= 4 is 11.9 Å². The van der Waals surface area contributed by atoms with E-state index in [0.717, 1.165) is 12.8 Å². The molecule has 1 aliphatic carbocycles. The van der Waals surface area contributed by atoms with Gasteiger partial charge in [-0.05, 0) is 43.4 Å². The molecule has 4 rings (SSSR count). The minimum Gasteiger partial charge on any atom is -0.351 e. The lowest BCUT2D eigenvalue weighted by molar-refractivity contribution is 0.756. The van der Waals surface area contributed by atoms with E-state index in [-0.39, 0.29) is 0 Å². The molecule has 2 aromatic carbocycles. The van der Waals surface area contributed by atoms with Crippen LogP contribution < -0.4 is 10.6 Å². The number of rotatable bonds is 5. The number of anilines is 2. The summed E-state index contributed by atoms with van der Waals surface area (Å²) in [5, 5.41) is 6.77. The summed E-state index contributed by atoms with van der Waals surface area (Å²) < 4.78 is 0. The van der Waals surface area contributed by atoms with E-state index in [9.17, 15) is 0 Å². The first-order valence-corrected chi connectivity index (χ1v) is 9.01. The third kappa shape index (κ3) is 3.82. The van der Waals surface area contributed by atoms with E-state index in [1.54, 1.807) is 0 Å². The second kappa shape index (κ2) is 7.12. The summed E-state index contributed by atoms with van der Waals surface area (Å²) in [7, 11) is 0. The molecular weight excluding hydrogens is 322 g/mol. The molecule has 0 spiro atoms. The summed E-state index contributed by atoms with van der Waals surface area (Å²) >= 11 is 0. The second-order valence-electron chi connectivity index (χ2n) is 6.89. The largest absolute Gasteiger partial charge is 0.351 e. The van der Waals surface area contributed by atoms with Gasteiger partial charge >= 0.3 is 0 Å². The molecule has 0 atom stereocenters. The van der Waals surface area contributed by atoms with Crippen LogP contribution in [0.25, 0.3) is 0 Å². The molecule has 132 valence electrons. The van der Waals surface area contributed by atoms with Gasteiger partial charge in [-0.2, -0.15) is 15.0 Å². The maximum atomic E-state index is 4.55. The lowest BCUT2D eigenvalue weighted by atomic mass is 10.1. The number of aromatic nitrogens is 3. The Bertz CT molecular complexity index is 880. The topological polar surface area (TPSA) is 62.7 Å². The van der Waals surface area contributed by atoms with Crippen molar-refractivity contribution in [3.63, 3.8) is 0 Å². The van der Waals surface area contributed by atoms with Gasteiger partial charge in [0.1, 0.15) is 5.82 Å². The van der Waals surface area contributed by atoms with Gasteiger partial charge in [-0.3, -0.25) is 0 Å². The first-order valence-electron chi connectivity index (χ1n) is 9.01. The fraction of sp³-hybridized carbons (Fsp3) is 0.286. The lowest BCUT2D eigenvalue weighted by Crippen LogP contribution is -2.22. The summed E-state index contributed by atoms with van der Waals surface area (Å²) in [4.78, 5) is 13.4. The molecule has 1 aromatic heterocycles. The molecule has 0 aliphatic heterocycles. The van der Waals surface area contributed by atoms with E-state index in [1.807, 2.05) is 6.92 Å². The number of benzene rings is 2. The van der Waals surface area contributed by atoms with Gasteiger partial charge in [-0.15, -0.1) is 0 Å². The highest BCUT2D eigenvalue weighted by atomic mass is 15.2. The summed E-state index contributed by atoms with van der Waals surface area (Å²) in [5.74, 6) is 1.96. The summed E-state index contributed by atoms with van der Waals surface area (Å²) in [5.41, 5.74) is 5.28. The minimum absolute atomic E-state index is 0.333. The third-order valence-corrected chi connectivity index (χ3v) is 4.70. The molecule has 0 fully saturated rings. The molecule has 0 unspecified atom stereocenters. The molecule has 0 saturated carbocycles. The zero-order valence-corrected chi connectivity index (χ0v) is 15.2. The number of aryl methyl sites for hydroxylation is 2. The highest BCUT2D eigenvalue weighted by Gasteiger charge is 2.21. The normalized spacial score (nSPS) is 13.5. The quantitative estimate of drug-likeness (QED) is 0.738. The van der Waals surface area contributed by atoms with Crippen molar-refractivity contribution in [3.8, 4) is 0 Å². The molecule has 1 heterocycles. The van der Waals surface area contributed by atoms with Gasteiger partial charge in [0.2, 0.25) is 11.9 Å². The number of fused-ring (bicyclic) bond motifs is 1. The van der Waals surface area contributed by atoms with E-state index in [0.29, 0.717) is 30.3 Å². The summed E-state index contributed by atoms with van der Waals surface area (Å²) in [6, 6.07) is 17.4. The zero-order valence-electron chi connectivity index (χ0n) is 15.2. The monoisotopic (exact) mass is 345 g/mol. The van der Waals surface area contributed by atoms with Crippen LogP contribution in [-0.4, -0.2) is 21.0 Å². The van der Waals surface area contributed by atoms with Gasteiger partial charge in [-0.25, -0.2) is 0 Å². The summed E-state index contributed by atoms with van der Waals surface area (Å²) in [6.07, 6.45) is 2.01. The molecule has 26 heavy (non-hydrogen) atoms. The Morgan fingerprint density at radius 3 is 2.19 bits per heavy atom. The van der Waals surface area contributed by atoms with Crippen molar-refractivity contribution in [2.45, 2.75) is 39.3 Å². The zero-order chi connectivity index (χ0) is 17.9. The summed E-state index contributed by atoms with van der Waals surface area (Å²) in [6.45, 7) is 4.68. The van der Waals surface area contributed by atoms with Crippen LogP contribution in [0.5, 0.6) is 0 Å². The van der Waals surface area contributed by atoms with Crippen LogP contribution in [0.15, 0.2) is 48.5 Å². The molecular formula is C21H23N5. The first kappa shape index (κ1) is 16.5. The molecule has 0 radical (unpaired) electrons. The van der Waals surface area contributed by atoms with Crippen molar-refractivity contribution in [1.29, 1.82) is 0 Å². The predicted molar refractivity (Wildman–Crippen MR) is 104 cm³/mol. The van der Waals surface area contributed by atoms with Crippen LogP contribution in [-0.2, 0) is 19.4 Å². The van der Waals surface area contributed by atoms with Gasteiger partial charge in [0, 0.05) is 12.6 Å². The van der Waals surface area contributed by atoms with Crippen LogP contribution >= 0.6 is 0 Å². The van der Waals surface area contributed by atoms with Crippen molar-refractivity contribution in [2.24, 2.45) is 0 Å². The molecule has 0 saturated heterocycles. The number of hydrogen-bond donors (Lipinski definition) is 2. The van der Waals surface area contributed by atoms with E-state index in [4.69, 9.17) is 0 Å².